The second-order valence-corrected chi connectivity index (χ2v) is 23.1. The van der Waals surface area contributed by atoms with Crippen LogP contribution in [0.3, 0.4) is 0 Å². The van der Waals surface area contributed by atoms with Gasteiger partial charge < -0.3 is 28.1 Å². The van der Waals surface area contributed by atoms with E-state index in [-0.39, 0.29) is 35.8 Å². The van der Waals surface area contributed by atoms with Crippen molar-refractivity contribution in [3.63, 3.8) is 0 Å². The summed E-state index contributed by atoms with van der Waals surface area (Å²) in [4.78, 5) is 51.5. The Balaban J connectivity index is 1.06. The molecule has 1 heterocycles. The smallest absolute Gasteiger partial charge is 0.465 e. The summed E-state index contributed by atoms with van der Waals surface area (Å²) in [6.07, 6.45) is 1.31. The lowest BCUT2D eigenvalue weighted by Crippen LogP contribution is -2.59. The van der Waals surface area contributed by atoms with Crippen LogP contribution in [0.5, 0.6) is 0 Å². The average Bonchev–Trinajstić information content (AvgIpc) is 3.57. The topological polar surface area (TPSA) is 178 Å². The van der Waals surface area contributed by atoms with E-state index >= 15 is 0 Å². The molecule has 8 unspecified atom stereocenters. The number of carbonyl (C=O) groups excluding carboxylic acids is 4. The maximum absolute atomic E-state index is 13.9. The Kier molecular flexibility index (Phi) is 9.00. The van der Waals surface area contributed by atoms with Gasteiger partial charge >= 0.3 is 39.4 Å². The van der Waals surface area contributed by atoms with Crippen LogP contribution in [0.2, 0.25) is 18.1 Å². The Bertz CT molecular complexity index is 1480. The molecule has 0 spiro atoms. The molecular formula is C32H46F2O13SSi. The van der Waals surface area contributed by atoms with Gasteiger partial charge in [0, 0.05) is 30.3 Å². The van der Waals surface area contributed by atoms with Crippen molar-refractivity contribution in [2.45, 2.75) is 113 Å². The van der Waals surface area contributed by atoms with E-state index in [9.17, 15) is 36.4 Å². The van der Waals surface area contributed by atoms with Crippen molar-refractivity contribution in [1.29, 1.82) is 0 Å². The predicted molar refractivity (Wildman–Crippen MR) is 166 cm³/mol. The molecule has 6 bridgehead atoms. The van der Waals surface area contributed by atoms with Gasteiger partial charge in [-0.25, -0.2) is 9.59 Å². The van der Waals surface area contributed by atoms with Gasteiger partial charge in [0.2, 0.25) is 0 Å². The second kappa shape index (κ2) is 12.1. The fourth-order valence-electron chi connectivity index (χ4n) is 9.71. The lowest BCUT2D eigenvalue weighted by atomic mass is 9.48. The lowest BCUT2D eigenvalue weighted by molar-refractivity contribution is -0.202. The minimum absolute atomic E-state index is 0.0419. The summed E-state index contributed by atoms with van der Waals surface area (Å²) in [5, 5.41) is -5.07. The fourth-order valence-corrected chi connectivity index (χ4v) is 11.1. The van der Waals surface area contributed by atoms with Crippen LogP contribution in [0.15, 0.2) is 0 Å². The maximum atomic E-state index is 13.9. The molecule has 0 aromatic carbocycles. The van der Waals surface area contributed by atoms with Gasteiger partial charge in [-0.15, -0.1) is 0 Å². The molecular weight excluding hydrogens is 690 g/mol. The number of rotatable bonds is 12. The van der Waals surface area contributed by atoms with E-state index in [2.05, 4.69) is 33.9 Å². The molecule has 6 aliphatic carbocycles. The van der Waals surface area contributed by atoms with Gasteiger partial charge in [-0.2, -0.15) is 17.2 Å². The van der Waals surface area contributed by atoms with Crippen LogP contribution in [-0.2, 0) is 52.6 Å². The van der Waals surface area contributed by atoms with E-state index in [1.54, 1.807) is 0 Å². The van der Waals surface area contributed by atoms with Gasteiger partial charge in [0.15, 0.2) is 8.32 Å². The van der Waals surface area contributed by atoms with Crippen molar-refractivity contribution in [3.05, 3.63) is 0 Å². The second-order valence-electron chi connectivity index (χ2n) is 16.8. The van der Waals surface area contributed by atoms with Crippen LogP contribution in [0.4, 0.5) is 13.6 Å². The zero-order valence-corrected chi connectivity index (χ0v) is 30.2. The molecule has 276 valence electrons. The van der Waals surface area contributed by atoms with E-state index < -0.39 is 95.3 Å². The van der Waals surface area contributed by atoms with Crippen molar-refractivity contribution < 1.29 is 69.0 Å². The standard InChI is InChI=1S/C32H46F2O13SSi/c1-29(2,3)49(4,5)44-8-6-7-42-25(35)21-19-10-20-22(21)26(36)45-23(20)24(19)46-28(38)47-31-13-17-9-18(14-31)12-30(11-17,15-31)16-43-27(37)32(33,34)48(39,40)41/h17-24H,6-16H2,1-5H3,(H,39,40,41). The molecule has 7 rings (SSSR count). The summed E-state index contributed by atoms with van der Waals surface area (Å²) in [7, 11) is -7.97. The highest BCUT2D eigenvalue weighted by Gasteiger charge is 2.70. The highest BCUT2D eigenvalue weighted by molar-refractivity contribution is 7.87. The van der Waals surface area contributed by atoms with E-state index in [4.69, 9.17) is 32.7 Å². The molecule has 0 amide bonds. The summed E-state index contributed by atoms with van der Waals surface area (Å²) in [6, 6.07) is 0. The first kappa shape index (κ1) is 36.4. The highest BCUT2D eigenvalue weighted by Crippen LogP contribution is 2.63. The summed E-state index contributed by atoms with van der Waals surface area (Å²) in [5.41, 5.74) is -1.86. The third-order valence-corrected chi connectivity index (χ3v) is 17.7. The van der Waals surface area contributed by atoms with Gasteiger partial charge in [0.1, 0.15) is 17.8 Å². The zero-order chi connectivity index (χ0) is 35.9. The summed E-state index contributed by atoms with van der Waals surface area (Å²) < 4.78 is 92.4. The third-order valence-electron chi connectivity index (χ3n) is 12.4. The molecule has 1 N–H and O–H groups in total. The molecule has 1 aliphatic heterocycles. The van der Waals surface area contributed by atoms with Crippen molar-refractivity contribution in [3.8, 4) is 0 Å². The molecule has 17 heteroatoms. The number of carbonyl (C=O) groups is 4. The maximum Gasteiger partial charge on any atom is 0.509 e. The van der Waals surface area contributed by atoms with E-state index in [0.717, 1.165) is 6.42 Å². The molecule has 6 saturated carbocycles. The third kappa shape index (κ3) is 6.50. The first-order valence-corrected chi connectivity index (χ1v) is 21.3. The predicted octanol–water partition coefficient (Wildman–Crippen LogP) is 4.63. The Morgan fingerprint density at radius 3 is 2.27 bits per heavy atom. The van der Waals surface area contributed by atoms with Crippen LogP contribution in [0.25, 0.3) is 0 Å². The average molecular weight is 737 g/mol. The molecule has 0 aromatic heterocycles. The van der Waals surface area contributed by atoms with Crippen molar-refractivity contribution in [2.24, 2.45) is 40.9 Å². The largest absolute Gasteiger partial charge is 0.509 e. The Labute approximate surface area is 285 Å². The Morgan fingerprint density at radius 1 is 1.00 bits per heavy atom. The minimum Gasteiger partial charge on any atom is -0.465 e. The van der Waals surface area contributed by atoms with Crippen molar-refractivity contribution >= 4 is 42.5 Å². The quantitative estimate of drug-likeness (QED) is 0.0965. The van der Waals surface area contributed by atoms with E-state index in [0.29, 0.717) is 45.1 Å². The van der Waals surface area contributed by atoms with Gasteiger partial charge in [0.05, 0.1) is 25.0 Å². The molecule has 1 saturated heterocycles. The first-order chi connectivity index (χ1) is 22.6. The molecule has 13 nitrogen and oxygen atoms in total. The summed E-state index contributed by atoms with van der Waals surface area (Å²) in [6.45, 7) is 10.7. The lowest BCUT2D eigenvalue weighted by Gasteiger charge is -2.60. The van der Waals surface area contributed by atoms with Gasteiger partial charge in [-0.1, -0.05) is 20.8 Å². The van der Waals surface area contributed by atoms with Crippen LogP contribution < -0.4 is 0 Å². The minimum atomic E-state index is -6.01. The summed E-state index contributed by atoms with van der Waals surface area (Å²) >= 11 is 0. The van der Waals surface area contributed by atoms with E-state index in [1.807, 2.05) is 0 Å². The number of hydrogen-bond acceptors (Lipinski definition) is 12. The highest BCUT2D eigenvalue weighted by atomic mass is 32.2. The molecule has 7 fully saturated rings. The van der Waals surface area contributed by atoms with E-state index in [1.165, 1.54) is 0 Å². The molecule has 49 heavy (non-hydrogen) atoms. The molecule has 0 aromatic rings. The van der Waals surface area contributed by atoms with Crippen LogP contribution in [0, 0.1) is 40.9 Å². The number of halogens is 2. The SMILES string of the molecule is CC(C)(C)[Si](C)(C)OCCCOC(=O)C1C2CC3C(OC(=O)C31)C2OC(=O)OC12CC3CC(CC(COC(=O)C(F)(F)S(=O)(=O)O)(C3)C1)C2. The van der Waals surface area contributed by atoms with Crippen LogP contribution in [0.1, 0.15) is 72.1 Å². The molecule has 7 aliphatic rings. The van der Waals surface area contributed by atoms with Crippen LogP contribution in [-0.4, -0.2) is 88.2 Å². The van der Waals surface area contributed by atoms with Gasteiger partial charge in [-0.3, -0.25) is 14.1 Å². The zero-order valence-electron chi connectivity index (χ0n) is 28.4. The van der Waals surface area contributed by atoms with Gasteiger partial charge in [0.25, 0.3) is 0 Å². The van der Waals surface area contributed by atoms with Crippen LogP contribution >= 0.6 is 0 Å². The normalized spacial score (nSPS) is 37.6. The fraction of sp³-hybridized carbons (Fsp3) is 0.875. The summed E-state index contributed by atoms with van der Waals surface area (Å²) in [5.74, 6) is -5.63. The first-order valence-electron chi connectivity index (χ1n) is 17.0. The number of ether oxygens (including phenoxy) is 5. The number of esters is 3. The molecule has 0 radical (unpaired) electrons. The monoisotopic (exact) mass is 736 g/mol. The van der Waals surface area contributed by atoms with Crippen molar-refractivity contribution in [1.82, 2.24) is 0 Å². The molecule has 8 atom stereocenters. The van der Waals surface area contributed by atoms with Gasteiger partial charge in [-0.05, 0) is 74.9 Å². The number of hydrogen-bond donors (Lipinski definition) is 1. The Hall–Kier alpha value is -2.37. The van der Waals surface area contributed by atoms with Crippen molar-refractivity contribution in [2.75, 3.05) is 19.8 Å². The number of fused-ring (bicyclic) bond motifs is 1. The Morgan fingerprint density at radius 2 is 1.65 bits per heavy atom. The number of alkyl halides is 2.